The molecule has 0 amide bonds. The van der Waals surface area contributed by atoms with Gasteiger partial charge >= 0.3 is 17.9 Å². The molecule has 1 atom stereocenters. The number of allylic oxidation sites excluding steroid dienone is 8. The van der Waals surface area contributed by atoms with Crippen molar-refractivity contribution in [1.82, 2.24) is 0 Å². The van der Waals surface area contributed by atoms with Crippen molar-refractivity contribution in [3.05, 3.63) is 48.6 Å². The Balaban J connectivity index is 4.33. The van der Waals surface area contributed by atoms with Gasteiger partial charge in [-0.1, -0.05) is 339 Å². The number of unbranched alkanes of at least 4 members (excludes halogenated alkanes) is 44. The molecule has 450 valence electrons. The highest BCUT2D eigenvalue weighted by Crippen LogP contribution is 2.18. The van der Waals surface area contributed by atoms with E-state index in [2.05, 4.69) is 69.4 Å². The van der Waals surface area contributed by atoms with Gasteiger partial charge in [0, 0.05) is 19.3 Å². The highest BCUT2D eigenvalue weighted by molar-refractivity contribution is 5.71. The molecule has 6 heteroatoms. The number of hydrogen-bond donors (Lipinski definition) is 0. The maximum atomic E-state index is 12.9. The summed E-state index contributed by atoms with van der Waals surface area (Å²) in [6, 6.07) is 0. The van der Waals surface area contributed by atoms with E-state index < -0.39 is 6.10 Å². The minimum Gasteiger partial charge on any atom is -0.462 e. The van der Waals surface area contributed by atoms with Crippen LogP contribution in [0.5, 0.6) is 0 Å². The van der Waals surface area contributed by atoms with E-state index in [4.69, 9.17) is 14.2 Å². The smallest absolute Gasteiger partial charge is 0.306 e. The number of carbonyl (C=O) groups excluding carboxylic acids is 3. The molecule has 0 aromatic carbocycles. The molecular weight excluding hydrogens is 949 g/mol. The predicted octanol–water partition coefficient (Wildman–Crippen LogP) is 23.3. The summed E-state index contributed by atoms with van der Waals surface area (Å²) < 4.78 is 17.0. The second-order valence-corrected chi connectivity index (χ2v) is 23.1. The third-order valence-electron chi connectivity index (χ3n) is 15.3. The quantitative estimate of drug-likeness (QED) is 0.0261. The van der Waals surface area contributed by atoms with Crippen LogP contribution in [0.3, 0.4) is 0 Å². The Kier molecular flexibility index (Phi) is 63.6. The fourth-order valence-corrected chi connectivity index (χ4v) is 10.3. The van der Waals surface area contributed by atoms with Crippen molar-refractivity contribution in [2.75, 3.05) is 13.2 Å². The summed E-state index contributed by atoms with van der Waals surface area (Å²) in [6.45, 7) is 6.59. The number of ether oxygens (including phenoxy) is 3. The molecule has 0 saturated carbocycles. The summed E-state index contributed by atoms with van der Waals surface area (Å²) in [4.78, 5) is 38.4. The largest absolute Gasteiger partial charge is 0.462 e. The van der Waals surface area contributed by atoms with Gasteiger partial charge in [-0.2, -0.15) is 0 Å². The molecule has 0 aliphatic rings. The minimum absolute atomic E-state index is 0.0738. The number of hydrogen-bond acceptors (Lipinski definition) is 6. The van der Waals surface area contributed by atoms with Crippen LogP contribution in [0.1, 0.15) is 367 Å². The predicted molar refractivity (Wildman–Crippen MR) is 335 cm³/mol. The zero-order valence-electron chi connectivity index (χ0n) is 51.7. The molecular formula is C71H130O6. The average molecular weight is 1080 g/mol. The van der Waals surface area contributed by atoms with Crippen LogP contribution < -0.4 is 0 Å². The van der Waals surface area contributed by atoms with Gasteiger partial charge in [0.05, 0.1) is 0 Å². The molecule has 0 saturated heterocycles. The van der Waals surface area contributed by atoms with Gasteiger partial charge in [-0.15, -0.1) is 0 Å². The van der Waals surface area contributed by atoms with Crippen LogP contribution in [0, 0.1) is 0 Å². The third kappa shape index (κ3) is 64.1. The van der Waals surface area contributed by atoms with Crippen LogP contribution in [0.2, 0.25) is 0 Å². The standard InChI is InChI=1S/C71H130O6/c1-4-7-10-13-16-19-22-25-28-31-34-35-38-40-43-46-49-52-55-58-61-64-70(73)76-67-68(77-71(74)65-62-59-56-53-50-47-44-41-37-33-30-27-24-21-18-15-12-9-6-3)66-75-69(72)63-60-57-54-51-48-45-42-39-36-32-29-26-23-20-17-14-11-8-5-2/h9,12,18,21,27,30,37,41,68H,4-8,10-11,13-17,19-20,22-26,28-29,31-36,38-40,42-67H2,1-3H3/b12-9-,21-18-,30-27-,41-37-. The maximum absolute atomic E-state index is 12.9. The SMILES string of the molecule is CC/C=C\C/C=C\C/C=C\C/C=C\CCCCCCCCC(=O)OC(COC(=O)CCCCCCCCCCCCCCCCCCCCC)COC(=O)CCCCCCCCCCCCCCCCCCCCCCC. The molecule has 0 spiro atoms. The molecule has 0 aliphatic carbocycles. The summed E-state index contributed by atoms with van der Waals surface area (Å²) >= 11 is 0. The van der Waals surface area contributed by atoms with Crippen molar-refractivity contribution in [1.29, 1.82) is 0 Å². The van der Waals surface area contributed by atoms with Crippen molar-refractivity contribution in [3.8, 4) is 0 Å². The van der Waals surface area contributed by atoms with E-state index in [1.165, 1.54) is 231 Å². The highest BCUT2D eigenvalue weighted by Gasteiger charge is 2.19. The van der Waals surface area contributed by atoms with Crippen LogP contribution in [-0.2, 0) is 28.6 Å². The van der Waals surface area contributed by atoms with Gasteiger partial charge in [0.2, 0.25) is 0 Å². The first-order valence-electron chi connectivity index (χ1n) is 34.1. The first-order chi connectivity index (χ1) is 38.0. The van der Waals surface area contributed by atoms with Crippen molar-refractivity contribution < 1.29 is 28.6 Å². The first kappa shape index (κ1) is 74.4. The lowest BCUT2D eigenvalue weighted by Crippen LogP contribution is -2.30. The normalized spacial score (nSPS) is 12.3. The third-order valence-corrected chi connectivity index (χ3v) is 15.3. The number of esters is 3. The lowest BCUT2D eigenvalue weighted by atomic mass is 10.0. The summed E-state index contributed by atoms with van der Waals surface area (Å²) in [5.74, 6) is -0.859. The Morgan fingerprint density at radius 3 is 0.792 bits per heavy atom. The molecule has 0 fully saturated rings. The van der Waals surface area contributed by atoms with E-state index in [-0.39, 0.29) is 31.1 Å². The fraction of sp³-hybridized carbons (Fsp3) is 0.845. The van der Waals surface area contributed by atoms with Gasteiger partial charge in [-0.25, -0.2) is 0 Å². The monoisotopic (exact) mass is 1080 g/mol. The molecule has 0 aromatic rings. The second kappa shape index (κ2) is 65.9. The Labute approximate surface area is 479 Å². The average Bonchev–Trinajstić information content (AvgIpc) is 3.43. The second-order valence-electron chi connectivity index (χ2n) is 23.1. The Hall–Kier alpha value is -2.63. The lowest BCUT2D eigenvalue weighted by molar-refractivity contribution is -0.167. The van der Waals surface area contributed by atoms with Crippen LogP contribution in [0.25, 0.3) is 0 Å². The maximum Gasteiger partial charge on any atom is 0.306 e. The highest BCUT2D eigenvalue weighted by atomic mass is 16.6. The van der Waals surface area contributed by atoms with Crippen LogP contribution in [-0.4, -0.2) is 37.2 Å². The summed E-state index contributed by atoms with van der Waals surface area (Å²) in [7, 11) is 0. The van der Waals surface area contributed by atoms with Crippen LogP contribution in [0.15, 0.2) is 48.6 Å². The fourth-order valence-electron chi connectivity index (χ4n) is 10.3. The molecule has 0 heterocycles. The van der Waals surface area contributed by atoms with Crippen molar-refractivity contribution in [3.63, 3.8) is 0 Å². The summed E-state index contributed by atoms with van der Waals surface area (Å²) in [5, 5.41) is 0. The zero-order valence-corrected chi connectivity index (χ0v) is 51.7. The van der Waals surface area contributed by atoms with Gasteiger partial charge in [0.1, 0.15) is 13.2 Å². The van der Waals surface area contributed by atoms with E-state index in [0.29, 0.717) is 19.3 Å². The number of rotatable bonds is 63. The van der Waals surface area contributed by atoms with E-state index in [1.807, 2.05) is 0 Å². The molecule has 0 N–H and O–H groups in total. The molecule has 77 heavy (non-hydrogen) atoms. The van der Waals surface area contributed by atoms with Crippen LogP contribution in [0.4, 0.5) is 0 Å². The molecule has 1 unspecified atom stereocenters. The zero-order chi connectivity index (χ0) is 55.7. The van der Waals surface area contributed by atoms with Gasteiger partial charge in [0.25, 0.3) is 0 Å². The van der Waals surface area contributed by atoms with E-state index in [1.54, 1.807) is 0 Å². The van der Waals surface area contributed by atoms with Crippen molar-refractivity contribution in [2.24, 2.45) is 0 Å². The molecule has 0 radical (unpaired) electrons. The first-order valence-corrected chi connectivity index (χ1v) is 34.1. The number of carbonyl (C=O) groups is 3. The molecule has 0 aromatic heterocycles. The Morgan fingerprint density at radius 2 is 0.506 bits per heavy atom. The summed E-state index contributed by atoms with van der Waals surface area (Å²) in [6.07, 6.45) is 82.7. The van der Waals surface area contributed by atoms with Crippen LogP contribution >= 0.6 is 0 Å². The van der Waals surface area contributed by atoms with Crippen molar-refractivity contribution >= 4 is 17.9 Å². The molecule has 0 bridgehead atoms. The van der Waals surface area contributed by atoms with Gasteiger partial charge in [-0.05, 0) is 57.8 Å². The minimum atomic E-state index is -0.779. The van der Waals surface area contributed by atoms with Crippen molar-refractivity contribution in [2.45, 2.75) is 374 Å². The van der Waals surface area contributed by atoms with Gasteiger partial charge in [0.15, 0.2) is 6.10 Å². The Morgan fingerprint density at radius 1 is 0.273 bits per heavy atom. The van der Waals surface area contributed by atoms with E-state index in [0.717, 1.165) is 96.3 Å². The topological polar surface area (TPSA) is 78.9 Å². The lowest BCUT2D eigenvalue weighted by Gasteiger charge is -2.18. The molecule has 6 nitrogen and oxygen atoms in total. The van der Waals surface area contributed by atoms with E-state index in [9.17, 15) is 14.4 Å². The Bertz CT molecular complexity index is 1330. The van der Waals surface area contributed by atoms with Gasteiger partial charge in [-0.3, -0.25) is 14.4 Å². The van der Waals surface area contributed by atoms with Gasteiger partial charge < -0.3 is 14.2 Å². The molecule has 0 rings (SSSR count). The van der Waals surface area contributed by atoms with E-state index >= 15 is 0 Å². The molecule has 0 aliphatic heterocycles. The summed E-state index contributed by atoms with van der Waals surface area (Å²) in [5.41, 5.74) is 0.